The Balaban J connectivity index is 0.970. The van der Waals surface area contributed by atoms with Gasteiger partial charge >= 0.3 is 0 Å². The fraction of sp³-hybridized carbons (Fsp3) is 0.405. The van der Waals surface area contributed by atoms with E-state index in [0.29, 0.717) is 29.9 Å². The average molecular weight is 820 g/mol. The van der Waals surface area contributed by atoms with E-state index in [2.05, 4.69) is 100 Å². The van der Waals surface area contributed by atoms with Gasteiger partial charge in [0.05, 0.1) is 31.5 Å². The van der Waals surface area contributed by atoms with Crippen molar-refractivity contribution in [2.45, 2.75) is 81.4 Å². The highest BCUT2D eigenvalue weighted by atomic mass is 31.2. The highest BCUT2D eigenvalue weighted by Gasteiger charge is 2.64. The fourth-order valence-corrected chi connectivity index (χ4v) is 14.8. The molecule has 1 unspecified atom stereocenters. The van der Waals surface area contributed by atoms with E-state index in [9.17, 15) is 10.1 Å². The number of carbonyl (C=O) groups excluding carboxylic acids is 1. The molecule has 4 fully saturated rings. The second-order valence-electron chi connectivity index (χ2n) is 15.3. The molecule has 6 heterocycles. The number of amides is 1. The van der Waals surface area contributed by atoms with E-state index >= 15 is 0 Å². The second-order valence-corrected chi connectivity index (χ2v) is 21.0. The molecule has 1 N–H and O–H groups in total. The van der Waals surface area contributed by atoms with Gasteiger partial charge in [-0.3, -0.25) is 14.7 Å². The lowest BCUT2D eigenvalue weighted by Crippen LogP contribution is -2.58. The number of imidazole rings is 1. The van der Waals surface area contributed by atoms with Crippen molar-refractivity contribution in [3.05, 3.63) is 97.3 Å². The van der Waals surface area contributed by atoms with E-state index in [4.69, 9.17) is 33.0 Å². The topological polar surface area (TPSA) is 155 Å². The molecule has 4 aliphatic rings. The number of rotatable bonds is 15. The zero-order chi connectivity index (χ0) is 39.7. The molecule has 0 radical (unpaired) electrons. The molecule has 300 valence electrons. The van der Waals surface area contributed by atoms with Gasteiger partial charge in [-0.15, -0.1) is 0 Å². The fourth-order valence-electron chi connectivity index (χ4n) is 8.73. The molecule has 2 bridgehead atoms. The van der Waals surface area contributed by atoms with Crippen molar-refractivity contribution in [3.8, 4) is 17.7 Å². The van der Waals surface area contributed by atoms with Crippen molar-refractivity contribution in [2.75, 3.05) is 31.7 Å². The number of hydrogen-bond acceptors (Lipinski definition) is 12. The van der Waals surface area contributed by atoms with Crippen molar-refractivity contribution < 1.29 is 32.8 Å². The summed E-state index contributed by atoms with van der Waals surface area (Å²) in [6.07, 6.45) is 3.06. The molecule has 14 nitrogen and oxygen atoms in total. The van der Waals surface area contributed by atoms with Gasteiger partial charge in [0.15, 0.2) is 24.0 Å². The summed E-state index contributed by atoms with van der Waals surface area (Å²) in [5.74, 6) is 0.238. The van der Waals surface area contributed by atoms with Crippen LogP contribution in [0.1, 0.15) is 38.8 Å². The number of hydrogen-bond donors (Lipinski definition) is 1. The minimum absolute atomic E-state index is 0.000402. The zero-order valence-electron chi connectivity index (χ0n) is 32.5. The predicted molar refractivity (Wildman–Crippen MR) is 219 cm³/mol. The quantitative estimate of drug-likeness (QED) is 0.0797. The van der Waals surface area contributed by atoms with Crippen LogP contribution in [0.4, 0.5) is 5.95 Å². The molecular formula is C42H46N7O7PSi. The molecule has 7 atom stereocenters. The monoisotopic (exact) mass is 819 g/mol. The molecule has 0 saturated carbocycles. The maximum Gasteiger partial charge on any atom is 0.264 e. The maximum atomic E-state index is 13.0. The molecule has 3 aromatic carbocycles. The van der Waals surface area contributed by atoms with Crippen LogP contribution in [-0.4, -0.2) is 94.5 Å². The van der Waals surface area contributed by atoms with Gasteiger partial charge < -0.3 is 28.0 Å². The number of para-hydroxylation sites is 1. The molecule has 5 aromatic rings. The van der Waals surface area contributed by atoms with Crippen LogP contribution in [-0.2, 0) is 23.3 Å². The lowest BCUT2D eigenvalue weighted by Gasteiger charge is -2.32. The minimum Gasteiger partial charge on any atom is -0.484 e. The Kier molecular flexibility index (Phi) is 11.0. The standard InChI is InChI=1S/C42H46N7O7PSi/c1-3-42-27-53-36(37(42)56-57-49-23-13-21-32(49)33(55-57)26-58(2,30-17-9-5-10-18-30)31-19-11-6-12-20-31)40(54-42)48-28-44-35-38(48)46-41(47-39(35)51-24-14-22-43)45-34(50)25-52-29-15-7-4-8-16-29/h4-12,15-20,28,32-33,36-37,40H,3,13-14,21,23-27H2,1-2H3,(H,45,46,47,50)/t32-,33+,36?,37-,40-,42+,57+/m1/s1. The van der Waals surface area contributed by atoms with Crippen LogP contribution < -0.4 is 25.2 Å². The third-order valence-corrected chi connectivity index (χ3v) is 18.0. The molecule has 1 amide bonds. The van der Waals surface area contributed by atoms with E-state index in [0.717, 1.165) is 25.4 Å². The van der Waals surface area contributed by atoms with E-state index in [1.54, 1.807) is 23.0 Å². The first-order valence-electron chi connectivity index (χ1n) is 19.9. The maximum absolute atomic E-state index is 13.0. The van der Waals surface area contributed by atoms with Crippen molar-refractivity contribution in [1.29, 1.82) is 5.26 Å². The number of anilines is 1. The number of nitrogens with one attached hydrogen (secondary N) is 1. The van der Waals surface area contributed by atoms with Gasteiger partial charge in [0.2, 0.25) is 11.8 Å². The van der Waals surface area contributed by atoms with Crippen LogP contribution >= 0.6 is 8.53 Å². The summed E-state index contributed by atoms with van der Waals surface area (Å²) in [6, 6.07) is 34.2. The molecule has 58 heavy (non-hydrogen) atoms. The molecule has 4 saturated heterocycles. The first-order chi connectivity index (χ1) is 28.4. The van der Waals surface area contributed by atoms with Crippen LogP contribution in [0.25, 0.3) is 11.2 Å². The van der Waals surface area contributed by atoms with Crippen LogP contribution in [0.2, 0.25) is 12.6 Å². The summed E-state index contributed by atoms with van der Waals surface area (Å²) in [5.41, 5.74) is 0.00916. The van der Waals surface area contributed by atoms with E-state index in [1.165, 1.54) is 10.4 Å². The average Bonchev–Trinajstić information content (AvgIpc) is 4.10. The summed E-state index contributed by atoms with van der Waals surface area (Å²) < 4.78 is 43.4. The van der Waals surface area contributed by atoms with Crippen molar-refractivity contribution >= 4 is 50.0 Å². The summed E-state index contributed by atoms with van der Waals surface area (Å²) in [4.78, 5) is 26.8. The molecule has 0 aliphatic carbocycles. The highest BCUT2D eigenvalue weighted by Crippen LogP contribution is 2.61. The van der Waals surface area contributed by atoms with Crippen molar-refractivity contribution in [1.82, 2.24) is 24.2 Å². The Bertz CT molecular complexity index is 2230. The van der Waals surface area contributed by atoms with Crippen LogP contribution in [0, 0.1) is 11.3 Å². The Hall–Kier alpha value is -4.78. The molecule has 4 aliphatic heterocycles. The highest BCUT2D eigenvalue weighted by molar-refractivity contribution is 7.45. The molecular weight excluding hydrogens is 774 g/mol. The Labute approximate surface area is 339 Å². The van der Waals surface area contributed by atoms with Gasteiger partial charge in [0, 0.05) is 12.6 Å². The first kappa shape index (κ1) is 38.7. The molecule has 16 heteroatoms. The SMILES string of the molecule is CC[C@@]12COC([C@H](n3cnc4c(OCCC#N)nc(NC(=O)COc5ccccc5)nc43)O1)[C@H]2O[P@]1O[C@@H](C[Si](C)(c2ccccc2)c2ccccc2)[C@H]2CCCN21. The Morgan fingerprint density at radius 1 is 1.03 bits per heavy atom. The number of ether oxygens (including phenoxy) is 4. The van der Waals surface area contributed by atoms with Crippen LogP contribution in [0.15, 0.2) is 97.3 Å². The van der Waals surface area contributed by atoms with Crippen LogP contribution in [0.5, 0.6) is 11.6 Å². The molecule has 2 aromatic heterocycles. The lowest BCUT2D eigenvalue weighted by atomic mass is 9.96. The normalized spacial score (nSPS) is 26.4. The lowest BCUT2D eigenvalue weighted by molar-refractivity contribution is -0.172. The Morgan fingerprint density at radius 2 is 1.76 bits per heavy atom. The van der Waals surface area contributed by atoms with Gasteiger partial charge in [0.25, 0.3) is 14.4 Å². The predicted octanol–water partition coefficient (Wildman–Crippen LogP) is 5.58. The molecule has 9 rings (SSSR count). The molecule has 0 spiro atoms. The third kappa shape index (κ3) is 7.28. The zero-order valence-corrected chi connectivity index (χ0v) is 34.4. The van der Waals surface area contributed by atoms with Gasteiger partial charge in [-0.05, 0) is 37.4 Å². The smallest absolute Gasteiger partial charge is 0.264 e. The number of aromatic nitrogens is 4. The van der Waals surface area contributed by atoms with E-state index < -0.39 is 46.5 Å². The Morgan fingerprint density at radius 3 is 2.47 bits per heavy atom. The van der Waals surface area contributed by atoms with Gasteiger partial charge in [0.1, 0.15) is 38.2 Å². The largest absolute Gasteiger partial charge is 0.484 e. The van der Waals surface area contributed by atoms with E-state index in [-0.39, 0.29) is 43.6 Å². The van der Waals surface area contributed by atoms with Gasteiger partial charge in [-0.1, -0.05) is 103 Å². The van der Waals surface area contributed by atoms with Crippen molar-refractivity contribution in [3.63, 3.8) is 0 Å². The summed E-state index contributed by atoms with van der Waals surface area (Å²) in [7, 11) is -3.59. The van der Waals surface area contributed by atoms with Gasteiger partial charge in [-0.25, -0.2) is 9.65 Å². The number of nitrogens with zero attached hydrogens (tertiary/aromatic N) is 6. The van der Waals surface area contributed by atoms with Gasteiger partial charge in [-0.2, -0.15) is 15.2 Å². The number of benzene rings is 3. The second kappa shape index (κ2) is 16.5. The minimum atomic E-state index is -2.19. The number of carbonyl (C=O) groups is 1. The summed E-state index contributed by atoms with van der Waals surface area (Å²) >= 11 is 0. The first-order valence-corrected chi connectivity index (χ1v) is 23.8. The third-order valence-electron chi connectivity index (χ3n) is 11.8. The number of fused-ring (bicyclic) bond motifs is 4. The van der Waals surface area contributed by atoms with Crippen LogP contribution in [0.3, 0.4) is 0 Å². The number of nitriles is 1. The van der Waals surface area contributed by atoms with Crippen molar-refractivity contribution in [2.24, 2.45) is 0 Å². The summed E-state index contributed by atoms with van der Waals surface area (Å²) in [6.45, 7) is 5.69. The summed E-state index contributed by atoms with van der Waals surface area (Å²) in [5, 5.41) is 14.7. The van der Waals surface area contributed by atoms with E-state index in [1.807, 2.05) is 18.2 Å².